The second-order valence-electron chi connectivity index (χ2n) is 13.7. The molecule has 3 amide bonds. The van der Waals surface area contributed by atoms with Crippen LogP contribution in [-0.2, 0) is 35.1 Å². The minimum Gasteiger partial charge on any atom is -0.497 e. The number of amides is 3. The highest BCUT2D eigenvalue weighted by molar-refractivity contribution is 6.05. The van der Waals surface area contributed by atoms with E-state index in [-0.39, 0.29) is 31.8 Å². The van der Waals surface area contributed by atoms with E-state index in [1.54, 1.807) is 48.4 Å². The molecule has 1 spiro atoms. The van der Waals surface area contributed by atoms with E-state index in [1.807, 2.05) is 60.7 Å². The van der Waals surface area contributed by atoms with Crippen LogP contribution in [0.5, 0.6) is 5.75 Å². The van der Waals surface area contributed by atoms with Gasteiger partial charge in [-0.2, -0.15) is 0 Å². The van der Waals surface area contributed by atoms with Crippen LogP contribution >= 0.6 is 0 Å². The summed E-state index contributed by atoms with van der Waals surface area (Å²) in [5.41, 5.74) is 0.773. The summed E-state index contributed by atoms with van der Waals surface area (Å²) in [5, 5.41) is 13.7. The molecule has 2 N–H and O–H groups in total. The summed E-state index contributed by atoms with van der Waals surface area (Å²) < 4.78 is 18.2. The quantitative estimate of drug-likeness (QED) is 0.153. The highest BCUT2D eigenvalue weighted by Crippen LogP contribution is 2.59. The van der Waals surface area contributed by atoms with Gasteiger partial charge in [0.1, 0.15) is 23.5 Å². The van der Waals surface area contributed by atoms with Gasteiger partial charge in [0, 0.05) is 18.7 Å². The molecule has 3 heterocycles. The molecule has 0 saturated carbocycles. The molecule has 3 aliphatic rings. The lowest BCUT2D eigenvalue weighted by atomic mass is 9.70. The van der Waals surface area contributed by atoms with E-state index in [2.05, 4.69) is 18.5 Å². The first kappa shape index (κ1) is 37.5. The molecule has 0 unspecified atom stereocenters. The van der Waals surface area contributed by atoms with Gasteiger partial charge in [-0.1, -0.05) is 72.8 Å². The van der Waals surface area contributed by atoms with Crippen molar-refractivity contribution in [2.75, 3.05) is 31.7 Å². The summed E-state index contributed by atoms with van der Waals surface area (Å²) in [6.07, 6.45) is 3.60. The summed E-state index contributed by atoms with van der Waals surface area (Å²) in [5.74, 6) is -3.12. The van der Waals surface area contributed by atoms with Gasteiger partial charge in [0.05, 0.1) is 44.2 Å². The molecule has 11 heteroatoms. The van der Waals surface area contributed by atoms with Gasteiger partial charge in [0.25, 0.3) is 5.91 Å². The molecule has 0 aromatic heterocycles. The van der Waals surface area contributed by atoms with Gasteiger partial charge in [-0.25, -0.2) is 0 Å². The Morgan fingerprint density at radius 2 is 1.74 bits per heavy atom. The minimum atomic E-state index is -1.35. The zero-order chi connectivity index (χ0) is 37.5. The van der Waals surface area contributed by atoms with Crippen LogP contribution < -0.4 is 15.0 Å². The van der Waals surface area contributed by atoms with E-state index in [4.69, 9.17) is 14.2 Å². The van der Waals surface area contributed by atoms with Crippen molar-refractivity contribution in [3.8, 4) is 5.75 Å². The Labute approximate surface area is 310 Å². The number of allylic oxidation sites excluding steroid dienone is 1. The number of carbonyl (C=O) groups is 4. The van der Waals surface area contributed by atoms with Gasteiger partial charge in [-0.3, -0.25) is 19.2 Å². The fraction of sp³-hybridized carbons (Fsp3) is 0.381. The summed E-state index contributed by atoms with van der Waals surface area (Å²) in [6, 6.07) is 23.6. The van der Waals surface area contributed by atoms with Gasteiger partial charge in [-0.15, -0.1) is 13.2 Å². The van der Waals surface area contributed by atoms with Crippen LogP contribution in [0, 0.1) is 11.8 Å². The molecule has 7 atom stereocenters. The number of ether oxygens (including phenoxy) is 3. The number of aliphatic hydroxyl groups excluding tert-OH is 1. The first-order valence-corrected chi connectivity index (χ1v) is 18.1. The third-order valence-electron chi connectivity index (χ3n) is 10.6. The second-order valence-corrected chi connectivity index (χ2v) is 13.7. The SMILES string of the molecule is C=CCCC(=O)NC[C@H](OC(=O)[C@@H]1[C@@H]2CC[C@]3(O2)[C@H](C(=O)N(CC=C)c2ccc(OC)cc2)N([C@@H](CO)Cc2ccccc2)C(=O)[C@@H]13)c1ccccc1. The molecule has 3 aliphatic heterocycles. The molecule has 3 aromatic rings. The van der Waals surface area contributed by atoms with Gasteiger partial charge in [-0.05, 0) is 61.1 Å². The number of carbonyl (C=O) groups excluding carboxylic acids is 4. The molecule has 2 bridgehead atoms. The Morgan fingerprint density at radius 1 is 1.04 bits per heavy atom. The number of hydrogen-bond donors (Lipinski definition) is 2. The van der Waals surface area contributed by atoms with E-state index in [1.165, 1.54) is 4.90 Å². The number of nitrogens with zero attached hydrogens (tertiary/aromatic N) is 2. The Morgan fingerprint density at radius 3 is 2.38 bits per heavy atom. The first-order valence-electron chi connectivity index (χ1n) is 18.1. The number of likely N-dealkylation sites (tertiary alicyclic amines) is 1. The topological polar surface area (TPSA) is 135 Å². The van der Waals surface area contributed by atoms with Crippen molar-refractivity contribution in [3.63, 3.8) is 0 Å². The number of aliphatic hydroxyl groups is 1. The standard InChI is InChI=1S/C42H47N3O8/c1-4-6-17-35(47)43-26-34(29-15-11-8-12-16-29)52-41(50)36-33-22-23-42(53-33)37(36)39(48)45(31(27-46)25-28-13-9-7-10-14-28)38(42)40(49)44(24-5-2)30-18-20-32(51-3)21-19-30/h4-5,7-16,18-21,31,33-34,36-38,46H,1-2,6,17,22-27H2,3H3,(H,43,47)/t31-,33+,34+,36-,37-,38+,42-/m1/s1. The van der Waals surface area contributed by atoms with Crippen molar-refractivity contribution < 1.29 is 38.5 Å². The molecule has 0 radical (unpaired) electrons. The van der Waals surface area contributed by atoms with Crippen molar-refractivity contribution in [2.45, 2.75) is 62.0 Å². The zero-order valence-electron chi connectivity index (χ0n) is 30.0. The van der Waals surface area contributed by atoms with Crippen molar-refractivity contribution in [1.82, 2.24) is 10.2 Å². The lowest BCUT2D eigenvalue weighted by Gasteiger charge is -2.39. The number of benzene rings is 3. The maximum Gasteiger partial charge on any atom is 0.313 e. The maximum absolute atomic E-state index is 15.0. The average molecular weight is 722 g/mol. The lowest BCUT2D eigenvalue weighted by Crippen LogP contribution is -2.59. The maximum atomic E-state index is 15.0. The summed E-state index contributed by atoms with van der Waals surface area (Å²) >= 11 is 0. The highest BCUT2D eigenvalue weighted by Gasteiger charge is 2.75. The third-order valence-corrected chi connectivity index (χ3v) is 10.6. The van der Waals surface area contributed by atoms with E-state index < -0.39 is 66.1 Å². The Kier molecular flexibility index (Phi) is 11.7. The van der Waals surface area contributed by atoms with Crippen molar-refractivity contribution in [2.24, 2.45) is 11.8 Å². The van der Waals surface area contributed by atoms with E-state index >= 15 is 4.79 Å². The number of hydrogen-bond acceptors (Lipinski definition) is 8. The van der Waals surface area contributed by atoms with Crippen molar-refractivity contribution >= 4 is 29.4 Å². The third kappa shape index (κ3) is 7.49. The fourth-order valence-electron chi connectivity index (χ4n) is 8.17. The Balaban J connectivity index is 1.36. The number of fused-ring (bicyclic) bond motifs is 1. The molecular weight excluding hydrogens is 674 g/mol. The van der Waals surface area contributed by atoms with Crippen LogP contribution in [0.15, 0.2) is 110 Å². The molecule has 53 heavy (non-hydrogen) atoms. The smallest absolute Gasteiger partial charge is 0.313 e. The van der Waals surface area contributed by atoms with Crippen LogP contribution in [0.2, 0.25) is 0 Å². The molecule has 3 saturated heterocycles. The van der Waals surface area contributed by atoms with Gasteiger partial charge < -0.3 is 34.4 Å². The summed E-state index contributed by atoms with van der Waals surface area (Å²) in [6.45, 7) is 7.31. The van der Waals surface area contributed by atoms with Crippen LogP contribution in [0.3, 0.4) is 0 Å². The molecule has 3 aromatic carbocycles. The van der Waals surface area contributed by atoms with Gasteiger partial charge >= 0.3 is 5.97 Å². The number of esters is 1. The second kappa shape index (κ2) is 16.6. The molecule has 11 nitrogen and oxygen atoms in total. The van der Waals surface area contributed by atoms with Gasteiger partial charge in [0.15, 0.2) is 0 Å². The largest absolute Gasteiger partial charge is 0.497 e. The number of rotatable bonds is 17. The highest BCUT2D eigenvalue weighted by atomic mass is 16.6. The Hall–Kier alpha value is -5.26. The predicted octanol–water partition coefficient (Wildman–Crippen LogP) is 4.56. The zero-order valence-corrected chi connectivity index (χ0v) is 30.0. The number of methoxy groups -OCH3 is 1. The van der Waals surface area contributed by atoms with Crippen LogP contribution in [0.1, 0.15) is 42.9 Å². The predicted molar refractivity (Wildman–Crippen MR) is 199 cm³/mol. The molecular formula is C42H47N3O8. The van der Waals surface area contributed by atoms with Crippen LogP contribution in [0.4, 0.5) is 5.69 Å². The molecule has 0 aliphatic carbocycles. The van der Waals surface area contributed by atoms with E-state index in [9.17, 15) is 19.5 Å². The lowest BCUT2D eigenvalue weighted by molar-refractivity contribution is -0.161. The number of anilines is 1. The molecule has 6 rings (SSSR count). The van der Waals surface area contributed by atoms with E-state index in [0.29, 0.717) is 36.3 Å². The molecule has 278 valence electrons. The molecule has 3 fully saturated rings. The Bertz CT molecular complexity index is 1780. The number of nitrogens with one attached hydrogen (secondary N) is 1. The normalized spacial score (nSPS) is 23.8. The van der Waals surface area contributed by atoms with Crippen LogP contribution in [-0.4, -0.2) is 84.3 Å². The van der Waals surface area contributed by atoms with Gasteiger partial charge in [0.2, 0.25) is 11.8 Å². The van der Waals surface area contributed by atoms with Crippen molar-refractivity contribution in [1.29, 1.82) is 0 Å². The average Bonchev–Trinajstić information content (AvgIpc) is 3.84. The summed E-state index contributed by atoms with van der Waals surface area (Å²) in [7, 11) is 1.56. The van der Waals surface area contributed by atoms with Crippen LogP contribution in [0.25, 0.3) is 0 Å². The summed E-state index contributed by atoms with van der Waals surface area (Å²) in [4.78, 5) is 59.9. The monoisotopic (exact) mass is 721 g/mol. The fourth-order valence-corrected chi connectivity index (χ4v) is 8.17. The first-order chi connectivity index (χ1) is 25.8. The van der Waals surface area contributed by atoms with Crippen molar-refractivity contribution in [3.05, 3.63) is 121 Å². The van der Waals surface area contributed by atoms with E-state index in [0.717, 1.165) is 5.56 Å². The minimum absolute atomic E-state index is 0.0308.